The predicted octanol–water partition coefficient (Wildman–Crippen LogP) is 1.43. The molecule has 0 aromatic heterocycles. The third-order valence-electron chi connectivity index (χ3n) is 2.64. The molecule has 100 valence electrons. The maximum absolute atomic E-state index is 12.1. The van der Waals surface area contributed by atoms with E-state index in [0.717, 1.165) is 16.3 Å². The lowest BCUT2D eigenvalue weighted by molar-refractivity contribution is 0.478. The quantitative estimate of drug-likeness (QED) is 0.736. The van der Waals surface area contributed by atoms with Gasteiger partial charge in [-0.15, -0.1) is 0 Å². The van der Waals surface area contributed by atoms with Gasteiger partial charge in [-0.1, -0.05) is 31.2 Å². The van der Waals surface area contributed by atoms with Crippen LogP contribution in [0.5, 0.6) is 0 Å². The van der Waals surface area contributed by atoms with Crippen molar-refractivity contribution in [2.45, 2.75) is 19.1 Å². The molecule has 0 atom stereocenters. The van der Waals surface area contributed by atoms with Crippen LogP contribution in [-0.4, -0.2) is 25.8 Å². The lowest BCUT2D eigenvalue weighted by atomic mass is 10.1. The summed E-state index contributed by atoms with van der Waals surface area (Å²) in [6.07, 6.45) is 0.827. The summed E-state index contributed by atoms with van der Waals surface area (Å²) < 4.78 is 25.1. The third-order valence-corrected chi connectivity index (χ3v) is 4.38. The molecule has 0 fully saturated rings. The van der Waals surface area contributed by atoms with E-state index in [-0.39, 0.29) is 18.8 Å². The van der Waals surface area contributed by atoms with Crippen LogP contribution < -0.4 is 0 Å². The van der Waals surface area contributed by atoms with Gasteiger partial charge in [-0.05, 0) is 17.5 Å². The predicted molar refractivity (Wildman–Crippen MR) is 71.2 cm³/mol. The highest BCUT2D eigenvalue weighted by Gasteiger charge is 2.22. The minimum Gasteiger partial charge on any atom is -0.212 e. The number of hydrogen-bond acceptors (Lipinski definition) is 4. The van der Waals surface area contributed by atoms with Crippen LogP contribution in [0.3, 0.4) is 0 Å². The lowest BCUT2D eigenvalue weighted by Gasteiger charge is -2.16. The van der Waals surface area contributed by atoms with E-state index in [1.807, 2.05) is 25.1 Å². The van der Waals surface area contributed by atoms with E-state index in [4.69, 9.17) is 10.5 Å². The van der Waals surface area contributed by atoms with Gasteiger partial charge in [0.15, 0.2) is 0 Å². The molecule has 0 unspecified atom stereocenters. The number of aryl methyl sites for hydroxylation is 1. The Bertz CT molecular complexity index is 596. The number of benzene rings is 1. The monoisotopic (exact) mass is 277 g/mol. The van der Waals surface area contributed by atoms with E-state index in [2.05, 4.69) is 0 Å². The van der Waals surface area contributed by atoms with Gasteiger partial charge in [-0.3, -0.25) is 0 Å². The molecule has 1 aromatic rings. The minimum atomic E-state index is -3.64. The number of sulfonamides is 1. The largest absolute Gasteiger partial charge is 0.220 e. The summed E-state index contributed by atoms with van der Waals surface area (Å²) in [4.78, 5) is 0. The molecule has 0 bridgehead atoms. The highest BCUT2D eigenvalue weighted by molar-refractivity contribution is 7.88. The smallest absolute Gasteiger partial charge is 0.212 e. The zero-order chi connectivity index (χ0) is 14.3. The van der Waals surface area contributed by atoms with Crippen LogP contribution in [0.2, 0.25) is 0 Å². The van der Waals surface area contributed by atoms with Crippen LogP contribution >= 0.6 is 0 Å². The van der Waals surface area contributed by atoms with Crippen molar-refractivity contribution in [2.24, 2.45) is 0 Å². The fourth-order valence-corrected chi connectivity index (χ4v) is 2.94. The molecule has 1 aromatic carbocycles. The van der Waals surface area contributed by atoms with Crippen molar-refractivity contribution < 1.29 is 8.42 Å². The van der Waals surface area contributed by atoms with Crippen molar-refractivity contribution in [3.63, 3.8) is 0 Å². The van der Waals surface area contributed by atoms with Crippen molar-refractivity contribution >= 4 is 10.0 Å². The summed E-state index contributed by atoms with van der Waals surface area (Å²) in [6.45, 7) is 1.39. The first kappa shape index (κ1) is 15.2. The number of nitriles is 2. The molecule has 0 saturated heterocycles. The zero-order valence-corrected chi connectivity index (χ0v) is 11.5. The lowest BCUT2D eigenvalue weighted by Crippen LogP contribution is -2.32. The highest BCUT2D eigenvalue weighted by Crippen LogP contribution is 2.12. The Morgan fingerprint density at radius 3 is 2.26 bits per heavy atom. The molecule has 0 saturated carbocycles. The summed E-state index contributed by atoms with van der Waals surface area (Å²) in [5, 5.41) is 17.2. The van der Waals surface area contributed by atoms with E-state index in [0.29, 0.717) is 5.56 Å². The van der Waals surface area contributed by atoms with Gasteiger partial charge < -0.3 is 0 Å². The molecule has 0 aliphatic rings. The van der Waals surface area contributed by atoms with Crippen molar-refractivity contribution in [3.8, 4) is 12.1 Å². The van der Waals surface area contributed by atoms with Crippen molar-refractivity contribution in [2.75, 3.05) is 13.1 Å². The summed E-state index contributed by atoms with van der Waals surface area (Å²) in [5.41, 5.74) is 1.72. The summed E-state index contributed by atoms with van der Waals surface area (Å²) >= 11 is 0. The van der Waals surface area contributed by atoms with Gasteiger partial charge in [0, 0.05) is 0 Å². The van der Waals surface area contributed by atoms with Crippen LogP contribution in [0, 0.1) is 22.7 Å². The van der Waals surface area contributed by atoms with E-state index < -0.39 is 10.0 Å². The van der Waals surface area contributed by atoms with Crippen LogP contribution in [0.15, 0.2) is 24.3 Å². The molecule has 0 heterocycles. The van der Waals surface area contributed by atoms with Crippen LogP contribution in [0.25, 0.3) is 0 Å². The first-order chi connectivity index (χ1) is 9.03. The number of hydrogen-bond donors (Lipinski definition) is 0. The second-order valence-corrected chi connectivity index (χ2v) is 5.98. The fourth-order valence-electron chi connectivity index (χ4n) is 1.65. The maximum Gasteiger partial charge on any atom is 0.220 e. The maximum atomic E-state index is 12.1. The normalized spacial score (nSPS) is 10.9. The summed E-state index contributed by atoms with van der Waals surface area (Å²) in [7, 11) is -3.64. The van der Waals surface area contributed by atoms with Gasteiger partial charge >= 0.3 is 0 Å². The molecule has 0 amide bonds. The second-order valence-electron chi connectivity index (χ2n) is 4.01. The first-order valence-corrected chi connectivity index (χ1v) is 7.44. The molecule has 0 radical (unpaired) electrons. The summed E-state index contributed by atoms with van der Waals surface area (Å²) in [5.74, 6) is -0.190. The molecule has 19 heavy (non-hydrogen) atoms. The molecule has 0 aliphatic carbocycles. The van der Waals surface area contributed by atoms with Gasteiger partial charge in [0.1, 0.15) is 13.1 Å². The van der Waals surface area contributed by atoms with Crippen LogP contribution in [0.1, 0.15) is 18.1 Å². The number of nitrogens with zero attached hydrogens (tertiary/aromatic N) is 3. The Morgan fingerprint density at radius 1 is 1.16 bits per heavy atom. The molecule has 0 spiro atoms. The first-order valence-electron chi connectivity index (χ1n) is 5.83. The van der Waals surface area contributed by atoms with Crippen LogP contribution in [0.4, 0.5) is 0 Å². The molecular weight excluding hydrogens is 262 g/mol. The summed E-state index contributed by atoms with van der Waals surface area (Å²) in [6, 6.07) is 10.8. The van der Waals surface area contributed by atoms with E-state index in [1.165, 1.54) is 0 Å². The Kier molecular flexibility index (Phi) is 5.50. The van der Waals surface area contributed by atoms with E-state index >= 15 is 0 Å². The Labute approximate surface area is 113 Å². The molecule has 0 aliphatic heterocycles. The Hall–Kier alpha value is -1.89. The average molecular weight is 277 g/mol. The van der Waals surface area contributed by atoms with Crippen molar-refractivity contribution in [1.82, 2.24) is 4.31 Å². The molecule has 6 heteroatoms. The van der Waals surface area contributed by atoms with E-state index in [1.54, 1.807) is 18.2 Å². The van der Waals surface area contributed by atoms with Gasteiger partial charge in [-0.2, -0.15) is 14.8 Å². The second kappa shape index (κ2) is 6.89. The fraction of sp³-hybridized carbons (Fsp3) is 0.385. The van der Waals surface area contributed by atoms with Crippen molar-refractivity contribution in [3.05, 3.63) is 35.4 Å². The van der Waals surface area contributed by atoms with Gasteiger partial charge in [0.05, 0.1) is 17.9 Å². The SMILES string of the molecule is CCc1cccc(CS(=O)(=O)N(CC#N)CC#N)c1. The van der Waals surface area contributed by atoms with Gasteiger partial charge in [0.25, 0.3) is 0 Å². The van der Waals surface area contributed by atoms with Gasteiger partial charge in [-0.25, -0.2) is 8.42 Å². The molecule has 1 rings (SSSR count). The topological polar surface area (TPSA) is 85.0 Å². The Balaban J connectivity index is 2.94. The standard InChI is InChI=1S/C13H15N3O2S/c1-2-12-4-3-5-13(10-12)11-19(17,18)16(8-6-14)9-7-15/h3-5,10H,2,8-9,11H2,1H3. The molecular formula is C13H15N3O2S. The zero-order valence-electron chi connectivity index (χ0n) is 10.7. The molecule has 0 N–H and O–H groups in total. The minimum absolute atomic E-state index is 0.190. The van der Waals surface area contributed by atoms with Gasteiger partial charge in [0.2, 0.25) is 10.0 Å². The number of rotatable bonds is 6. The van der Waals surface area contributed by atoms with Crippen molar-refractivity contribution in [1.29, 1.82) is 10.5 Å². The third kappa shape index (κ3) is 4.36. The van der Waals surface area contributed by atoms with Crippen LogP contribution in [-0.2, 0) is 22.2 Å². The highest BCUT2D eigenvalue weighted by atomic mass is 32.2. The molecule has 5 nitrogen and oxygen atoms in total. The average Bonchev–Trinajstić information content (AvgIpc) is 2.38. The van der Waals surface area contributed by atoms with E-state index in [9.17, 15) is 8.42 Å². The Morgan fingerprint density at radius 2 is 1.74 bits per heavy atom.